The SMILES string of the molecule is CC(C)(C)COc1nc(NCc2ccccc2S(C)(C)(=O)O)c(NN)c(N2CCC(F)(F)C2)n1. The van der Waals surface area contributed by atoms with E-state index in [0.29, 0.717) is 17.1 Å². The molecule has 0 aliphatic carbocycles. The summed E-state index contributed by atoms with van der Waals surface area (Å²) in [5.41, 5.74) is 3.16. The van der Waals surface area contributed by atoms with Crippen LogP contribution in [-0.2, 0) is 15.9 Å². The van der Waals surface area contributed by atoms with E-state index in [4.69, 9.17) is 10.6 Å². The van der Waals surface area contributed by atoms with E-state index in [1.807, 2.05) is 20.8 Å². The molecule has 1 aliphatic rings. The van der Waals surface area contributed by atoms with Gasteiger partial charge >= 0.3 is 6.01 Å². The molecule has 0 atom stereocenters. The van der Waals surface area contributed by atoms with Crippen LogP contribution in [0.5, 0.6) is 6.01 Å². The Kier molecular flexibility index (Phi) is 6.81. The van der Waals surface area contributed by atoms with Crippen molar-refractivity contribution in [2.75, 3.05) is 47.9 Å². The number of hydrogen-bond donors (Lipinski definition) is 4. The van der Waals surface area contributed by atoms with Crippen LogP contribution in [0, 0.1) is 5.41 Å². The zero-order valence-corrected chi connectivity index (χ0v) is 21.0. The van der Waals surface area contributed by atoms with Gasteiger partial charge in [0.05, 0.1) is 18.0 Å². The molecular weight excluding hydrogens is 466 g/mol. The highest BCUT2D eigenvalue weighted by Crippen LogP contribution is 2.38. The van der Waals surface area contributed by atoms with Crippen LogP contribution in [0.25, 0.3) is 0 Å². The molecule has 0 unspecified atom stereocenters. The number of aromatic nitrogens is 2. The second-order valence-electron chi connectivity index (χ2n) is 10.3. The normalized spacial score (nSPS) is 17.2. The molecule has 3 rings (SSSR count). The molecule has 1 aromatic heterocycles. The van der Waals surface area contributed by atoms with Crippen molar-refractivity contribution in [3.8, 4) is 6.01 Å². The van der Waals surface area contributed by atoms with Gasteiger partial charge in [-0.05, 0) is 17.0 Å². The first-order chi connectivity index (χ1) is 15.5. The number of halogens is 2. The number of nitrogens with zero attached hydrogens (tertiary/aromatic N) is 3. The highest BCUT2D eigenvalue weighted by atomic mass is 32.3. The van der Waals surface area contributed by atoms with Crippen molar-refractivity contribution in [3.05, 3.63) is 29.8 Å². The van der Waals surface area contributed by atoms with E-state index in [9.17, 15) is 17.5 Å². The lowest BCUT2D eigenvalue weighted by Crippen LogP contribution is -2.30. The van der Waals surface area contributed by atoms with Gasteiger partial charge in [0.2, 0.25) is 0 Å². The fraction of sp³-hybridized carbons (Fsp3) is 0.545. The maximum Gasteiger partial charge on any atom is 0.320 e. The van der Waals surface area contributed by atoms with Gasteiger partial charge in [-0.2, -0.15) is 19.3 Å². The van der Waals surface area contributed by atoms with Gasteiger partial charge in [0.1, 0.15) is 5.69 Å². The van der Waals surface area contributed by atoms with Crippen molar-refractivity contribution in [1.82, 2.24) is 9.97 Å². The number of anilines is 3. The van der Waals surface area contributed by atoms with E-state index >= 15 is 0 Å². The molecule has 190 valence electrons. The number of ether oxygens (including phenoxy) is 1. The zero-order valence-electron chi connectivity index (χ0n) is 20.2. The Morgan fingerprint density at radius 1 is 1.26 bits per heavy atom. The summed E-state index contributed by atoms with van der Waals surface area (Å²) in [5.74, 6) is 3.35. The Labute approximate surface area is 198 Å². The summed E-state index contributed by atoms with van der Waals surface area (Å²) in [6.07, 6.45) is 2.28. The van der Waals surface area contributed by atoms with E-state index in [0.717, 1.165) is 0 Å². The fourth-order valence-corrected chi connectivity index (χ4v) is 4.93. The second-order valence-corrected chi connectivity index (χ2v) is 14.3. The molecule has 1 saturated heterocycles. The number of nitrogens with two attached hydrogens (primary N) is 1. The van der Waals surface area contributed by atoms with Gasteiger partial charge in [-0.3, -0.25) is 10.4 Å². The van der Waals surface area contributed by atoms with Crippen LogP contribution in [-0.4, -0.2) is 56.9 Å². The van der Waals surface area contributed by atoms with Crippen LogP contribution in [0.2, 0.25) is 0 Å². The monoisotopic (exact) mass is 500 g/mol. The molecule has 0 saturated carbocycles. The molecule has 34 heavy (non-hydrogen) atoms. The third-order valence-electron chi connectivity index (χ3n) is 5.16. The Bertz CT molecular complexity index is 1110. The number of nitrogens with one attached hydrogen (secondary N) is 2. The maximum absolute atomic E-state index is 13.9. The first-order valence-electron chi connectivity index (χ1n) is 10.9. The molecule has 0 radical (unpaired) electrons. The number of benzene rings is 1. The van der Waals surface area contributed by atoms with Gasteiger partial charge in [0.15, 0.2) is 11.6 Å². The van der Waals surface area contributed by atoms with Crippen molar-refractivity contribution in [2.45, 2.75) is 44.6 Å². The van der Waals surface area contributed by atoms with Crippen LogP contribution in [0.15, 0.2) is 29.2 Å². The summed E-state index contributed by atoms with van der Waals surface area (Å²) < 4.78 is 57.0. The zero-order chi connectivity index (χ0) is 25.4. The third kappa shape index (κ3) is 6.51. The molecule has 0 spiro atoms. The molecule has 1 fully saturated rings. The molecule has 2 aromatic rings. The quantitative estimate of drug-likeness (QED) is 0.318. The fourth-order valence-electron chi connectivity index (χ4n) is 3.58. The molecule has 0 bridgehead atoms. The van der Waals surface area contributed by atoms with E-state index < -0.39 is 21.8 Å². The van der Waals surface area contributed by atoms with Crippen LogP contribution in [0.3, 0.4) is 0 Å². The number of rotatable bonds is 8. The Balaban J connectivity index is 1.99. The summed E-state index contributed by atoms with van der Waals surface area (Å²) in [4.78, 5) is 10.5. The van der Waals surface area contributed by atoms with Crippen molar-refractivity contribution in [3.63, 3.8) is 0 Å². The molecular formula is C22H34F2N6O3S. The summed E-state index contributed by atoms with van der Waals surface area (Å²) in [7, 11) is -4.02. The van der Waals surface area contributed by atoms with E-state index in [1.54, 1.807) is 24.3 Å². The predicted octanol–water partition coefficient (Wildman–Crippen LogP) is 3.56. The van der Waals surface area contributed by atoms with Gasteiger partial charge in [-0.1, -0.05) is 39.0 Å². The van der Waals surface area contributed by atoms with Gasteiger partial charge in [-0.15, -0.1) is 0 Å². The molecule has 1 aromatic carbocycles. The topological polar surface area (TPSA) is 126 Å². The average Bonchev–Trinajstić information content (AvgIpc) is 3.08. The smallest absolute Gasteiger partial charge is 0.320 e. The van der Waals surface area contributed by atoms with E-state index in [-0.39, 0.29) is 48.3 Å². The van der Waals surface area contributed by atoms with Gasteiger partial charge in [0.25, 0.3) is 5.92 Å². The van der Waals surface area contributed by atoms with Crippen molar-refractivity contribution in [2.24, 2.45) is 11.3 Å². The standard InChI is InChI=1S/C22H34F2N6O3S/c1-21(2,3)14-33-20-27-18(17(29-25)19(28-20)30-11-10-22(23,24)13-30)26-12-15-8-6-7-9-16(15)34(4,5,31)32/h6-9,29H,10-14,25H2,1-5H3,(H,31,32)(H,26,27,28). The first kappa shape index (κ1) is 26.0. The lowest BCUT2D eigenvalue weighted by atomic mass is 9.99. The van der Waals surface area contributed by atoms with Crippen molar-refractivity contribution >= 4 is 26.7 Å². The molecule has 1 aliphatic heterocycles. The highest BCUT2D eigenvalue weighted by molar-refractivity contribution is 8.14. The lowest BCUT2D eigenvalue weighted by molar-refractivity contribution is 0.0256. The highest BCUT2D eigenvalue weighted by Gasteiger charge is 2.40. The van der Waals surface area contributed by atoms with Crippen LogP contribution >= 0.6 is 0 Å². The Morgan fingerprint density at radius 3 is 2.50 bits per heavy atom. The van der Waals surface area contributed by atoms with Crippen LogP contribution < -0.4 is 26.2 Å². The number of nitrogen functional groups attached to an aromatic ring is 1. The van der Waals surface area contributed by atoms with E-state index in [2.05, 4.69) is 20.7 Å². The van der Waals surface area contributed by atoms with Crippen LogP contribution in [0.4, 0.5) is 26.1 Å². The predicted molar refractivity (Wildman–Crippen MR) is 131 cm³/mol. The van der Waals surface area contributed by atoms with Crippen LogP contribution in [0.1, 0.15) is 32.8 Å². The Morgan fingerprint density at radius 2 is 1.94 bits per heavy atom. The summed E-state index contributed by atoms with van der Waals surface area (Å²) >= 11 is 0. The maximum atomic E-state index is 13.9. The minimum absolute atomic E-state index is 0.0185. The molecule has 9 nitrogen and oxygen atoms in total. The molecule has 2 heterocycles. The Hall–Kier alpha value is -2.57. The first-order valence-corrected chi connectivity index (χ1v) is 13.6. The average molecular weight is 501 g/mol. The third-order valence-corrected chi connectivity index (χ3v) is 6.82. The minimum atomic E-state index is -4.02. The second kappa shape index (κ2) is 8.90. The van der Waals surface area contributed by atoms with Crippen molar-refractivity contribution < 1.29 is 22.3 Å². The minimum Gasteiger partial charge on any atom is -0.463 e. The lowest BCUT2D eigenvalue weighted by Gasteiger charge is -2.35. The summed E-state index contributed by atoms with van der Waals surface area (Å²) in [6.45, 7) is 5.99. The largest absolute Gasteiger partial charge is 0.463 e. The van der Waals surface area contributed by atoms with E-state index in [1.165, 1.54) is 17.4 Å². The molecule has 12 heteroatoms. The number of hydrogen-bond acceptors (Lipinski definition) is 8. The molecule has 5 N–H and O–H groups in total. The summed E-state index contributed by atoms with van der Waals surface area (Å²) in [5, 5.41) is 3.11. The van der Waals surface area contributed by atoms with Gasteiger partial charge in [-0.25, -0.2) is 13.0 Å². The van der Waals surface area contributed by atoms with Gasteiger partial charge < -0.3 is 20.4 Å². The number of hydrazine groups is 1. The molecule has 0 amide bonds. The van der Waals surface area contributed by atoms with Gasteiger partial charge in [0, 0.05) is 32.0 Å². The van der Waals surface area contributed by atoms with Crippen molar-refractivity contribution in [1.29, 1.82) is 0 Å². The number of alkyl halides is 2. The summed E-state index contributed by atoms with van der Waals surface area (Å²) in [6, 6.07) is 6.80.